The van der Waals surface area contributed by atoms with E-state index in [1.54, 1.807) is 0 Å². The lowest BCUT2D eigenvalue weighted by molar-refractivity contribution is -0.121. The molecule has 1 aliphatic rings. The van der Waals surface area contributed by atoms with Crippen LogP contribution in [0.15, 0.2) is 0 Å². The minimum atomic E-state index is 0.0337. The summed E-state index contributed by atoms with van der Waals surface area (Å²) in [6.07, 6.45) is 2.67. The molecule has 0 saturated carbocycles. The van der Waals surface area contributed by atoms with Gasteiger partial charge in [-0.15, -0.1) is 11.3 Å². The van der Waals surface area contributed by atoms with Crippen molar-refractivity contribution in [3.63, 3.8) is 0 Å². The first-order valence-corrected chi connectivity index (χ1v) is 7.38. The highest BCUT2D eigenvalue weighted by Gasteiger charge is 2.23. The Morgan fingerprint density at radius 2 is 2.50 bits per heavy atom. The molecule has 6 heteroatoms. The maximum Gasteiger partial charge on any atom is 0.225 e. The van der Waals surface area contributed by atoms with Gasteiger partial charge in [0.25, 0.3) is 0 Å². The lowest BCUT2D eigenvalue weighted by Gasteiger charge is -2.19. The van der Waals surface area contributed by atoms with E-state index in [4.69, 9.17) is 17.0 Å². The van der Waals surface area contributed by atoms with E-state index in [0.717, 1.165) is 34.0 Å². The zero-order valence-electron chi connectivity index (χ0n) is 10.6. The number of aromatic amines is 1. The van der Waals surface area contributed by atoms with Crippen LogP contribution in [0, 0.1) is 10.9 Å². The Balaban J connectivity index is 1.88. The van der Waals surface area contributed by atoms with Gasteiger partial charge in [0.05, 0.1) is 18.6 Å². The number of H-pyrrole nitrogens is 1. The van der Waals surface area contributed by atoms with Crippen molar-refractivity contribution in [3.8, 4) is 0 Å². The van der Waals surface area contributed by atoms with Gasteiger partial charge >= 0.3 is 0 Å². The molecule has 1 fully saturated rings. The van der Waals surface area contributed by atoms with Crippen LogP contribution in [0.25, 0.3) is 0 Å². The zero-order valence-corrected chi connectivity index (χ0v) is 12.2. The van der Waals surface area contributed by atoms with Crippen LogP contribution in [0.4, 0.5) is 0 Å². The van der Waals surface area contributed by atoms with Gasteiger partial charge in [0.15, 0.2) is 3.95 Å². The lowest BCUT2D eigenvalue weighted by Crippen LogP contribution is -2.41. The number of aromatic nitrogens is 1. The topological polar surface area (TPSA) is 54.1 Å². The molecule has 2 rings (SSSR count). The van der Waals surface area contributed by atoms with Crippen molar-refractivity contribution in [1.82, 2.24) is 10.3 Å². The molecule has 2 unspecified atom stereocenters. The average Bonchev–Trinajstić information content (AvgIpc) is 2.89. The number of amides is 1. The third-order valence-electron chi connectivity index (χ3n) is 3.16. The van der Waals surface area contributed by atoms with E-state index in [-0.39, 0.29) is 18.1 Å². The largest absolute Gasteiger partial charge is 0.376 e. The van der Waals surface area contributed by atoms with E-state index < -0.39 is 0 Å². The predicted molar refractivity (Wildman–Crippen MR) is 74.5 cm³/mol. The number of ether oxygens (including phenoxy) is 1. The number of aryl methyl sites for hydroxylation is 1. The van der Waals surface area contributed by atoms with Crippen LogP contribution in [-0.4, -0.2) is 29.6 Å². The third kappa shape index (κ3) is 3.40. The number of thiazole rings is 1. The molecule has 0 aliphatic carbocycles. The zero-order chi connectivity index (χ0) is 13.1. The van der Waals surface area contributed by atoms with E-state index in [2.05, 4.69) is 10.3 Å². The Morgan fingerprint density at radius 1 is 1.72 bits per heavy atom. The van der Waals surface area contributed by atoms with Crippen molar-refractivity contribution in [1.29, 1.82) is 0 Å². The van der Waals surface area contributed by atoms with Crippen molar-refractivity contribution in [2.45, 2.75) is 45.3 Å². The Bertz CT molecular complexity index is 475. The van der Waals surface area contributed by atoms with Crippen LogP contribution < -0.4 is 5.32 Å². The number of hydrogen-bond acceptors (Lipinski definition) is 4. The van der Waals surface area contributed by atoms with Crippen LogP contribution in [0.1, 0.15) is 30.3 Å². The highest BCUT2D eigenvalue weighted by Crippen LogP contribution is 2.17. The predicted octanol–water partition coefficient (Wildman–Crippen LogP) is 2.34. The molecule has 4 nitrogen and oxygen atoms in total. The smallest absolute Gasteiger partial charge is 0.225 e. The fraction of sp³-hybridized carbons (Fsp3) is 0.667. The molecule has 0 spiro atoms. The van der Waals surface area contributed by atoms with E-state index in [1.807, 2.05) is 13.8 Å². The molecule has 100 valence electrons. The summed E-state index contributed by atoms with van der Waals surface area (Å²) in [7, 11) is 0. The van der Waals surface area contributed by atoms with Crippen molar-refractivity contribution in [2.24, 2.45) is 0 Å². The van der Waals surface area contributed by atoms with Crippen LogP contribution in [0.3, 0.4) is 0 Å². The van der Waals surface area contributed by atoms with Gasteiger partial charge < -0.3 is 15.0 Å². The van der Waals surface area contributed by atoms with Crippen molar-refractivity contribution in [3.05, 3.63) is 14.5 Å². The fourth-order valence-electron chi connectivity index (χ4n) is 2.15. The SMILES string of the molecule is Cc1[nH]c(=S)sc1CC(=O)NC(C)C1CCCO1. The van der Waals surface area contributed by atoms with Crippen molar-refractivity contribution < 1.29 is 9.53 Å². The molecule has 0 radical (unpaired) electrons. The van der Waals surface area contributed by atoms with E-state index >= 15 is 0 Å². The molecule has 2 heterocycles. The molecule has 2 atom stereocenters. The summed E-state index contributed by atoms with van der Waals surface area (Å²) in [4.78, 5) is 16.0. The van der Waals surface area contributed by atoms with Gasteiger partial charge in [-0.25, -0.2) is 0 Å². The quantitative estimate of drug-likeness (QED) is 0.835. The Labute approximate surface area is 116 Å². The first-order chi connectivity index (χ1) is 8.56. The summed E-state index contributed by atoms with van der Waals surface area (Å²) in [5.74, 6) is 0.0337. The summed E-state index contributed by atoms with van der Waals surface area (Å²) >= 11 is 6.53. The monoisotopic (exact) mass is 286 g/mol. The van der Waals surface area contributed by atoms with Crippen LogP contribution in [0.2, 0.25) is 0 Å². The highest BCUT2D eigenvalue weighted by molar-refractivity contribution is 7.73. The molecule has 0 aromatic carbocycles. The highest BCUT2D eigenvalue weighted by atomic mass is 32.1. The summed E-state index contributed by atoms with van der Waals surface area (Å²) in [6.45, 7) is 4.75. The molecule has 0 bridgehead atoms. The van der Waals surface area contributed by atoms with Crippen molar-refractivity contribution >= 4 is 29.5 Å². The minimum absolute atomic E-state index is 0.0337. The second kappa shape index (κ2) is 5.95. The minimum Gasteiger partial charge on any atom is -0.376 e. The first kappa shape index (κ1) is 13.7. The summed E-state index contributed by atoms with van der Waals surface area (Å²) in [5.41, 5.74) is 0.991. The lowest BCUT2D eigenvalue weighted by atomic mass is 10.1. The third-order valence-corrected chi connectivity index (χ3v) is 4.49. The van der Waals surface area contributed by atoms with E-state index in [9.17, 15) is 4.79 Å². The van der Waals surface area contributed by atoms with Gasteiger partial charge in [-0.3, -0.25) is 4.79 Å². The Kier molecular flexibility index (Phi) is 4.53. The van der Waals surface area contributed by atoms with Crippen molar-refractivity contribution in [2.75, 3.05) is 6.61 Å². The summed E-state index contributed by atoms with van der Waals surface area (Å²) in [5, 5.41) is 3.00. The Hall–Kier alpha value is -0.720. The fourth-order valence-corrected chi connectivity index (χ4v) is 3.44. The summed E-state index contributed by atoms with van der Waals surface area (Å²) in [6, 6.07) is 0.0761. The molecule has 1 aromatic heterocycles. The molecule has 18 heavy (non-hydrogen) atoms. The van der Waals surface area contributed by atoms with Gasteiger partial charge in [-0.1, -0.05) is 0 Å². The number of carbonyl (C=O) groups excluding carboxylic acids is 1. The van der Waals surface area contributed by atoms with E-state index in [0.29, 0.717) is 6.42 Å². The molecular formula is C12H18N2O2S2. The Morgan fingerprint density at radius 3 is 3.06 bits per heavy atom. The molecular weight excluding hydrogens is 268 g/mol. The second-order valence-electron chi connectivity index (χ2n) is 4.65. The molecule has 1 aromatic rings. The normalized spacial score (nSPS) is 20.9. The maximum absolute atomic E-state index is 11.9. The second-order valence-corrected chi connectivity index (χ2v) is 6.42. The van der Waals surface area contributed by atoms with Gasteiger partial charge in [0.1, 0.15) is 0 Å². The van der Waals surface area contributed by atoms with Crippen LogP contribution in [0.5, 0.6) is 0 Å². The van der Waals surface area contributed by atoms with Gasteiger partial charge in [0.2, 0.25) is 5.91 Å². The van der Waals surface area contributed by atoms with Crippen LogP contribution >= 0.6 is 23.6 Å². The van der Waals surface area contributed by atoms with Gasteiger partial charge in [0, 0.05) is 17.2 Å². The van der Waals surface area contributed by atoms with Gasteiger partial charge in [-0.2, -0.15) is 0 Å². The number of nitrogens with one attached hydrogen (secondary N) is 2. The average molecular weight is 286 g/mol. The number of rotatable bonds is 4. The standard InChI is InChI=1S/C12H18N2O2S2/c1-7(9-4-3-5-16-9)13-11(15)6-10-8(2)14-12(17)18-10/h7,9H,3-6H2,1-2H3,(H,13,15)(H,14,17). The molecule has 1 amide bonds. The van der Waals surface area contributed by atoms with Gasteiger partial charge in [-0.05, 0) is 38.9 Å². The number of hydrogen-bond donors (Lipinski definition) is 2. The molecule has 1 aliphatic heterocycles. The van der Waals surface area contributed by atoms with Crippen LogP contribution in [-0.2, 0) is 16.0 Å². The van der Waals surface area contributed by atoms with E-state index in [1.165, 1.54) is 11.3 Å². The molecule has 1 saturated heterocycles. The maximum atomic E-state index is 11.9. The number of carbonyl (C=O) groups is 1. The molecule has 2 N–H and O–H groups in total. The summed E-state index contributed by atoms with van der Waals surface area (Å²) < 4.78 is 6.28. The first-order valence-electron chi connectivity index (χ1n) is 6.16.